The van der Waals surface area contributed by atoms with Crippen molar-refractivity contribution >= 4 is 34.5 Å². The fourth-order valence-electron chi connectivity index (χ4n) is 3.12. The monoisotopic (exact) mass is 408 g/mol. The van der Waals surface area contributed by atoms with Gasteiger partial charge in [-0.25, -0.2) is 0 Å². The Hall–Kier alpha value is -2.96. The summed E-state index contributed by atoms with van der Waals surface area (Å²) >= 11 is 1.70. The minimum atomic E-state index is -0.122. The highest BCUT2D eigenvalue weighted by atomic mass is 32.1. The van der Waals surface area contributed by atoms with Gasteiger partial charge in [-0.05, 0) is 47.7 Å². The van der Waals surface area contributed by atoms with Gasteiger partial charge < -0.3 is 16.0 Å². The highest BCUT2D eigenvalue weighted by Crippen LogP contribution is 2.23. The van der Waals surface area contributed by atoms with Crippen LogP contribution in [0.15, 0.2) is 66.0 Å². The maximum Gasteiger partial charge on any atom is 0.279 e. The lowest BCUT2D eigenvalue weighted by Crippen LogP contribution is -2.87. The van der Waals surface area contributed by atoms with Gasteiger partial charge in [0, 0.05) is 23.9 Å². The molecule has 0 fully saturated rings. The van der Waals surface area contributed by atoms with E-state index in [2.05, 4.69) is 58.6 Å². The van der Waals surface area contributed by atoms with E-state index in [4.69, 9.17) is 0 Å². The summed E-state index contributed by atoms with van der Waals surface area (Å²) < 4.78 is 0. The molecule has 1 aromatic heterocycles. The second-order valence-corrected chi connectivity index (χ2v) is 7.81. The fraction of sp³-hybridized carbons (Fsp3) is 0.217. The Bertz CT molecular complexity index is 935. The molecule has 29 heavy (non-hydrogen) atoms. The first-order chi connectivity index (χ1) is 14.0. The molecule has 0 spiro atoms. The molecule has 2 amide bonds. The SMILES string of the molecule is CCc1ccc([C@@H]([NH2+]CC(=O)Nc2ccc(NC(C)=O)cc2)c2cccs2)cc1. The third kappa shape index (κ3) is 6.01. The summed E-state index contributed by atoms with van der Waals surface area (Å²) in [6, 6.07) is 19.9. The van der Waals surface area contributed by atoms with Gasteiger partial charge in [-0.1, -0.05) is 37.3 Å². The smallest absolute Gasteiger partial charge is 0.279 e. The Labute approximate surface area is 175 Å². The Morgan fingerprint density at radius 1 is 0.966 bits per heavy atom. The maximum atomic E-state index is 12.5. The molecular formula is C23H26N3O2S+. The summed E-state index contributed by atoms with van der Waals surface area (Å²) in [5.74, 6) is -0.188. The number of amides is 2. The molecule has 6 heteroatoms. The van der Waals surface area contributed by atoms with E-state index in [1.165, 1.54) is 22.9 Å². The molecule has 1 heterocycles. The van der Waals surface area contributed by atoms with E-state index in [0.717, 1.165) is 6.42 Å². The molecule has 0 bridgehead atoms. The Morgan fingerprint density at radius 3 is 2.17 bits per heavy atom. The van der Waals surface area contributed by atoms with E-state index in [0.29, 0.717) is 17.9 Å². The summed E-state index contributed by atoms with van der Waals surface area (Å²) in [6.07, 6.45) is 1.01. The molecule has 4 N–H and O–H groups in total. The molecule has 2 aromatic carbocycles. The van der Waals surface area contributed by atoms with Crippen molar-refractivity contribution in [2.75, 3.05) is 17.2 Å². The molecule has 0 aliphatic heterocycles. The Kier molecular flexibility index (Phi) is 7.16. The van der Waals surface area contributed by atoms with Crippen LogP contribution < -0.4 is 16.0 Å². The summed E-state index contributed by atoms with van der Waals surface area (Å²) in [5, 5.41) is 9.75. The number of carbonyl (C=O) groups excluding carboxylic acids is 2. The van der Waals surface area contributed by atoms with Crippen LogP contribution in [-0.2, 0) is 16.0 Å². The number of thiophene rings is 1. The molecule has 150 valence electrons. The van der Waals surface area contributed by atoms with Crippen LogP contribution in [0, 0.1) is 0 Å². The molecule has 1 atom stereocenters. The molecule has 5 nitrogen and oxygen atoms in total. The zero-order valence-corrected chi connectivity index (χ0v) is 17.5. The van der Waals surface area contributed by atoms with Crippen LogP contribution in [0.1, 0.15) is 35.9 Å². The molecule has 0 aliphatic rings. The minimum absolute atomic E-state index is 0.0657. The van der Waals surface area contributed by atoms with Gasteiger partial charge in [0.1, 0.15) is 6.04 Å². The van der Waals surface area contributed by atoms with Crippen LogP contribution in [-0.4, -0.2) is 18.4 Å². The van der Waals surface area contributed by atoms with Crippen molar-refractivity contribution in [3.8, 4) is 0 Å². The number of benzene rings is 2. The van der Waals surface area contributed by atoms with E-state index >= 15 is 0 Å². The van der Waals surface area contributed by atoms with Crippen LogP contribution in [0.25, 0.3) is 0 Å². The van der Waals surface area contributed by atoms with Gasteiger partial charge in [-0.3, -0.25) is 9.59 Å². The van der Waals surface area contributed by atoms with Crippen molar-refractivity contribution < 1.29 is 14.9 Å². The largest absolute Gasteiger partial charge is 0.328 e. The quantitative estimate of drug-likeness (QED) is 0.533. The second kappa shape index (κ2) is 10.0. The Balaban J connectivity index is 1.63. The summed E-state index contributed by atoms with van der Waals surface area (Å²) in [7, 11) is 0. The number of carbonyl (C=O) groups is 2. The van der Waals surface area contributed by atoms with Crippen LogP contribution >= 0.6 is 11.3 Å². The summed E-state index contributed by atoms with van der Waals surface area (Å²) in [6.45, 7) is 3.92. The van der Waals surface area contributed by atoms with Gasteiger partial charge >= 0.3 is 0 Å². The van der Waals surface area contributed by atoms with Gasteiger partial charge in [-0.15, -0.1) is 11.3 Å². The highest BCUT2D eigenvalue weighted by molar-refractivity contribution is 7.10. The van der Waals surface area contributed by atoms with Gasteiger partial charge in [-0.2, -0.15) is 0 Å². The molecule has 0 saturated carbocycles. The van der Waals surface area contributed by atoms with Crippen molar-refractivity contribution in [2.45, 2.75) is 26.3 Å². The molecule has 3 aromatic rings. The van der Waals surface area contributed by atoms with Crippen molar-refractivity contribution in [3.05, 3.63) is 82.0 Å². The third-order valence-corrected chi connectivity index (χ3v) is 5.58. The van der Waals surface area contributed by atoms with E-state index < -0.39 is 0 Å². The first-order valence-corrected chi connectivity index (χ1v) is 10.6. The molecular weight excluding hydrogens is 382 g/mol. The van der Waals surface area contributed by atoms with Gasteiger partial charge in [0.2, 0.25) is 5.91 Å². The second-order valence-electron chi connectivity index (χ2n) is 6.83. The number of quaternary nitrogens is 1. The lowest BCUT2D eigenvalue weighted by molar-refractivity contribution is -0.675. The van der Waals surface area contributed by atoms with Crippen molar-refractivity contribution in [1.29, 1.82) is 0 Å². The molecule has 3 rings (SSSR count). The number of hydrogen-bond donors (Lipinski definition) is 3. The first kappa shape index (κ1) is 20.8. The Morgan fingerprint density at radius 2 is 1.62 bits per heavy atom. The van der Waals surface area contributed by atoms with Gasteiger partial charge in [0.25, 0.3) is 5.91 Å². The number of rotatable bonds is 8. The van der Waals surface area contributed by atoms with E-state index in [-0.39, 0.29) is 17.9 Å². The van der Waals surface area contributed by atoms with Crippen LogP contribution in [0.2, 0.25) is 0 Å². The van der Waals surface area contributed by atoms with Crippen molar-refractivity contribution in [2.24, 2.45) is 0 Å². The molecule has 0 unspecified atom stereocenters. The van der Waals surface area contributed by atoms with E-state index in [1.54, 1.807) is 35.6 Å². The zero-order valence-electron chi connectivity index (χ0n) is 16.6. The lowest BCUT2D eigenvalue weighted by Gasteiger charge is -2.15. The molecule has 0 radical (unpaired) electrons. The number of aryl methyl sites for hydroxylation is 1. The van der Waals surface area contributed by atoms with Crippen LogP contribution in [0.3, 0.4) is 0 Å². The topological polar surface area (TPSA) is 74.8 Å². The van der Waals surface area contributed by atoms with Crippen LogP contribution in [0.4, 0.5) is 11.4 Å². The van der Waals surface area contributed by atoms with E-state index in [1.807, 2.05) is 6.07 Å². The lowest BCUT2D eigenvalue weighted by atomic mass is 10.0. The number of nitrogens with two attached hydrogens (primary N) is 1. The standard InChI is InChI=1S/C23H25N3O2S/c1-3-17-6-8-18(9-7-17)23(21-5-4-14-29-21)24-15-22(28)26-20-12-10-19(11-13-20)25-16(2)27/h4-14,23-24H,3,15H2,1-2H3,(H,25,27)(H,26,28)/p+1/t23-/m1/s1. The minimum Gasteiger partial charge on any atom is -0.328 e. The number of nitrogens with one attached hydrogen (secondary N) is 2. The average molecular weight is 409 g/mol. The summed E-state index contributed by atoms with van der Waals surface area (Å²) in [4.78, 5) is 24.8. The number of hydrogen-bond acceptors (Lipinski definition) is 3. The van der Waals surface area contributed by atoms with Crippen LogP contribution in [0.5, 0.6) is 0 Å². The van der Waals surface area contributed by atoms with Gasteiger partial charge in [0.15, 0.2) is 6.54 Å². The van der Waals surface area contributed by atoms with Gasteiger partial charge in [0.05, 0.1) is 4.88 Å². The predicted molar refractivity (Wildman–Crippen MR) is 118 cm³/mol. The zero-order chi connectivity index (χ0) is 20.6. The van der Waals surface area contributed by atoms with Crippen molar-refractivity contribution in [3.63, 3.8) is 0 Å². The number of anilines is 2. The first-order valence-electron chi connectivity index (χ1n) is 9.68. The maximum absolute atomic E-state index is 12.5. The normalized spacial score (nSPS) is 11.7. The highest BCUT2D eigenvalue weighted by Gasteiger charge is 2.20. The fourth-order valence-corrected chi connectivity index (χ4v) is 3.97. The van der Waals surface area contributed by atoms with Crippen molar-refractivity contribution in [1.82, 2.24) is 0 Å². The molecule has 0 saturated heterocycles. The van der Waals surface area contributed by atoms with E-state index in [9.17, 15) is 9.59 Å². The average Bonchev–Trinajstić information content (AvgIpc) is 3.24. The molecule has 0 aliphatic carbocycles. The summed E-state index contributed by atoms with van der Waals surface area (Å²) in [5.41, 5.74) is 3.91. The predicted octanol–water partition coefficient (Wildman–Crippen LogP) is 3.56. The third-order valence-electron chi connectivity index (χ3n) is 4.62.